The van der Waals surface area contributed by atoms with E-state index >= 15 is 0 Å². The number of carbonyl (C=O) groups excluding carboxylic acids is 2. The van der Waals surface area contributed by atoms with E-state index in [0.717, 1.165) is 6.26 Å². The Morgan fingerprint density at radius 2 is 1.79 bits per heavy atom. The number of rotatable bonds is 5. The van der Waals surface area contributed by atoms with Crippen molar-refractivity contribution in [2.45, 2.75) is 5.75 Å². The first-order valence-electron chi connectivity index (χ1n) is 5.46. The average Bonchev–Trinajstić information content (AvgIpc) is 2.34. The minimum absolute atomic E-state index is 0.0828. The SMILES string of the molecule is CNC(=O)COC(=O)c1ccc(CS(C)(=O)=O)cc1. The van der Waals surface area contributed by atoms with Crippen LogP contribution in [-0.4, -0.2) is 40.2 Å². The molecule has 104 valence electrons. The summed E-state index contributed by atoms with van der Waals surface area (Å²) in [6.07, 6.45) is 1.14. The first-order chi connectivity index (χ1) is 8.81. The van der Waals surface area contributed by atoms with Crippen LogP contribution in [0.3, 0.4) is 0 Å². The standard InChI is InChI=1S/C12H15NO5S/c1-13-11(14)7-18-12(15)10-5-3-9(4-6-10)8-19(2,16)17/h3-6H,7-8H2,1-2H3,(H,13,14). The van der Waals surface area contributed by atoms with Crippen LogP contribution in [0.25, 0.3) is 0 Å². The molecule has 1 rings (SSSR count). The Morgan fingerprint density at radius 3 is 2.26 bits per heavy atom. The molecular formula is C12H15NO5S. The molecule has 0 saturated heterocycles. The van der Waals surface area contributed by atoms with Gasteiger partial charge in [0.25, 0.3) is 5.91 Å². The summed E-state index contributed by atoms with van der Waals surface area (Å²) in [5, 5.41) is 2.32. The topological polar surface area (TPSA) is 89.5 Å². The molecule has 0 aliphatic carbocycles. The van der Waals surface area contributed by atoms with Crippen LogP contribution >= 0.6 is 0 Å². The second-order valence-electron chi connectivity index (χ2n) is 4.02. The van der Waals surface area contributed by atoms with Crippen molar-refractivity contribution in [3.05, 3.63) is 35.4 Å². The van der Waals surface area contributed by atoms with Gasteiger partial charge >= 0.3 is 5.97 Å². The molecule has 0 heterocycles. The van der Waals surface area contributed by atoms with Crippen molar-refractivity contribution in [1.82, 2.24) is 5.32 Å². The Balaban J connectivity index is 2.66. The quantitative estimate of drug-likeness (QED) is 0.777. The van der Waals surface area contributed by atoms with E-state index in [2.05, 4.69) is 5.32 Å². The van der Waals surface area contributed by atoms with Crippen LogP contribution in [0.4, 0.5) is 0 Å². The number of benzene rings is 1. The minimum atomic E-state index is -3.10. The van der Waals surface area contributed by atoms with Gasteiger partial charge in [-0.1, -0.05) is 12.1 Å². The van der Waals surface area contributed by atoms with Crippen molar-refractivity contribution in [3.63, 3.8) is 0 Å². The lowest BCUT2D eigenvalue weighted by Crippen LogP contribution is -2.25. The zero-order valence-electron chi connectivity index (χ0n) is 10.7. The Hall–Kier alpha value is -1.89. The lowest BCUT2D eigenvalue weighted by Gasteiger charge is -2.05. The second-order valence-corrected chi connectivity index (χ2v) is 6.16. The Labute approximate surface area is 111 Å². The van der Waals surface area contributed by atoms with Gasteiger partial charge in [-0.25, -0.2) is 13.2 Å². The Kier molecular flexibility index (Phi) is 5.05. The number of hydrogen-bond donors (Lipinski definition) is 1. The van der Waals surface area contributed by atoms with Crippen LogP contribution in [0.15, 0.2) is 24.3 Å². The number of ether oxygens (including phenoxy) is 1. The second kappa shape index (κ2) is 6.33. The van der Waals surface area contributed by atoms with Gasteiger partial charge in [0.1, 0.15) is 0 Å². The van der Waals surface area contributed by atoms with E-state index in [-0.39, 0.29) is 17.9 Å². The van der Waals surface area contributed by atoms with Crippen LogP contribution in [0, 0.1) is 0 Å². The molecule has 0 aliphatic heterocycles. The largest absolute Gasteiger partial charge is 0.452 e. The van der Waals surface area contributed by atoms with Gasteiger partial charge in [-0.3, -0.25) is 4.79 Å². The summed E-state index contributed by atoms with van der Waals surface area (Å²) in [6, 6.07) is 6.01. The van der Waals surface area contributed by atoms with E-state index < -0.39 is 21.7 Å². The lowest BCUT2D eigenvalue weighted by molar-refractivity contribution is -0.123. The molecule has 0 aliphatic rings. The average molecular weight is 285 g/mol. The highest BCUT2D eigenvalue weighted by molar-refractivity contribution is 7.89. The molecule has 0 aromatic heterocycles. The maximum Gasteiger partial charge on any atom is 0.338 e. The molecule has 0 fully saturated rings. The molecule has 0 atom stereocenters. The third kappa shape index (κ3) is 5.52. The highest BCUT2D eigenvalue weighted by Crippen LogP contribution is 2.08. The van der Waals surface area contributed by atoms with Gasteiger partial charge in [-0.2, -0.15) is 0 Å². The van der Waals surface area contributed by atoms with Gasteiger partial charge in [0, 0.05) is 13.3 Å². The van der Waals surface area contributed by atoms with Gasteiger partial charge in [0.15, 0.2) is 16.4 Å². The summed E-state index contributed by atoms with van der Waals surface area (Å²) < 4.78 is 26.9. The third-order valence-corrected chi connectivity index (χ3v) is 3.09. The molecule has 1 amide bonds. The molecule has 0 spiro atoms. The van der Waals surface area contributed by atoms with Crippen molar-refractivity contribution in [1.29, 1.82) is 0 Å². The number of sulfone groups is 1. The van der Waals surface area contributed by atoms with Crippen molar-refractivity contribution in [2.75, 3.05) is 19.9 Å². The molecule has 19 heavy (non-hydrogen) atoms. The summed E-state index contributed by atoms with van der Waals surface area (Å²) in [7, 11) is -1.66. The van der Waals surface area contributed by atoms with Gasteiger partial charge in [-0.05, 0) is 17.7 Å². The molecule has 1 aromatic carbocycles. The van der Waals surface area contributed by atoms with Gasteiger partial charge in [-0.15, -0.1) is 0 Å². The van der Waals surface area contributed by atoms with Crippen molar-refractivity contribution in [2.24, 2.45) is 0 Å². The predicted octanol–water partition coefficient (Wildman–Crippen LogP) is 0.134. The molecule has 0 bridgehead atoms. The fourth-order valence-electron chi connectivity index (χ4n) is 1.33. The number of amides is 1. The Morgan fingerprint density at radius 1 is 1.21 bits per heavy atom. The Bertz CT molecular complexity index is 562. The van der Waals surface area contributed by atoms with Crippen molar-refractivity contribution < 1.29 is 22.7 Å². The number of nitrogens with one attached hydrogen (secondary N) is 1. The van der Waals surface area contributed by atoms with Crippen LogP contribution in [-0.2, 0) is 25.1 Å². The maximum absolute atomic E-state index is 11.5. The normalized spacial score (nSPS) is 10.8. The van der Waals surface area contributed by atoms with E-state index in [9.17, 15) is 18.0 Å². The molecule has 1 N–H and O–H groups in total. The van der Waals surface area contributed by atoms with Crippen molar-refractivity contribution in [3.8, 4) is 0 Å². The van der Waals surface area contributed by atoms with E-state index in [0.29, 0.717) is 5.56 Å². The summed E-state index contributed by atoms with van der Waals surface area (Å²) >= 11 is 0. The van der Waals surface area contributed by atoms with E-state index in [1.165, 1.54) is 31.3 Å². The molecule has 0 saturated carbocycles. The fourth-order valence-corrected chi connectivity index (χ4v) is 2.12. The highest BCUT2D eigenvalue weighted by atomic mass is 32.2. The van der Waals surface area contributed by atoms with E-state index in [4.69, 9.17) is 4.74 Å². The zero-order chi connectivity index (χ0) is 14.5. The van der Waals surface area contributed by atoms with Gasteiger partial charge < -0.3 is 10.1 Å². The van der Waals surface area contributed by atoms with E-state index in [1.54, 1.807) is 0 Å². The zero-order valence-corrected chi connectivity index (χ0v) is 11.5. The monoisotopic (exact) mass is 285 g/mol. The smallest absolute Gasteiger partial charge is 0.338 e. The maximum atomic E-state index is 11.5. The summed E-state index contributed by atoms with van der Waals surface area (Å²) in [5.41, 5.74) is 0.853. The predicted molar refractivity (Wildman–Crippen MR) is 69.3 cm³/mol. The summed E-state index contributed by atoms with van der Waals surface area (Å²) in [6.45, 7) is -0.347. The van der Waals surface area contributed by atoms with Crippen LogP contribution in [0.2, 0.25) is 0 Å². The molecule has 6 nitrogen and oxygen atoms in total. The number of carbonyl (C=O) groups is 2. The summed E-state index contributed by atoms with van der Waals surface area (Å²) in [5.74, 6) is -1.11. The van der Waals surface area contributed by atoms with Crippen LogP contribution < -0.4 is 5.32 Å². The highest BCUT2D eigenvalue weighted by Gasteiger charge is 2.10. The third-order valence-electron chi connectivity index (χ3n) is 2.23. The van der Waals surface area contributed by atoms with Gasteiger partial charge in [0.05, 0.1) is 11.3 Å². The molecule has 1 aromatic rings. The number of hydrogen-bond acceptors (Lipinski definition) is 5. The number of esters is 1. The fraction of sp³-hybridized carbons (Fsp3) is 0.333. The van der Waals surface area contributed by atoms with Crippen LogP contribution in [0.1, 0.15) is 15.9 Å². The molecule has 0 radical (unpaired) electrons. The van der Waals surface area contributed by atoms with E-state index in [1.807, 2.05) is 0 Å². The lowest BCUT2D eigenvalue weighted by atomic mass is 10.1. The summed E-state index contributed by atoms with van der Waals surface area (Å²) in [4.78, 5) is 22.4. The van der Waals surface area contributed by atoms with Crippen molar-refractivity contribution >= 4 is 21.7 Å². The molecule has 7 heteroatoms. The van der Waals surface area contributed by atoms with Crippen LogP contribution in [0.5, 0.6) is 0 Å². The number of likely N-dealkylation sites (N-methyl/N-ethyl adjacent to an activating group) is 1. The first-order valence-corrected chi connectivity index (χ1v) is 7.52. The molecular weight excluding hydrogens is 270 g/mol. The minimum Gasteiger partial charge on any atom is -0.452 e. The molecule has 0 unspecified atom stereocenters. The first kappa shape index (κ1) is 15.2. The van der Waals surface area contributed by atoms with Gasteiger partial charge in [0.2, 0.25) is 0 Å².